The summed E-state index contributed by atoms with van der Waals surface area (Å²) in [5.41, 5.74) is 4.35. The van der Waals surface area contributed by atoms with Crippen molar-refractivity contribution in [2.75, 3.05) is 6.54 Å². The SMILES string of the molecule is Cc1cc(C)cc(CC(=O)N(Cc2ccccc2F)C(Cc2ccccc2)C(=O)NCC(C)C)c1. The first kappa shape index (κ1) is 26.1. The minimum atomic E-state index is -0.769. The Morgan fingerprint density at radius 2 is 1.51 bits per heavy atom. The highest BCUT2D eigenvalue weighted by molar-refractivity contribution is 5.88. The number of hydrogen-bond acceptors (Lipinski definition) is 2. The van der Waals surface area contributed by atoms with Crippen LogP contribution in [-0.4, -0.2) is 29.3 Å². The molecule has 0 aromatic heterocycles. The van der Waals surface area contributed by atoms with Crippen molar-refractivity contribution in [2.45, 2.75) is 53.1 Å². The normalized spacial score (nSPS) is 11.8. The number of carbonyl (C=O) groups is 2. The standard InChI is InChI=1S/C30H35FN2O2/c1-21(2)19-32-30(35)28(17-24-10-6-5-7-11-24)33(20-26-12-8-9-13-27(26)31)29(34)18-25-15-22(3)14-23(4)16-25/h5-16,21,28H,17-20H2,1-4H3,(H,32,35). The van der Waals surface area contributed by atoms with Crippen LogP contribution >= 0.6 is 0 Å². The van der Waals surface area contributed by atoms with E-state index < -0.39 is 11.9 Å². The van der Waals surface area contributed by atoms with E-state index in [-0.39, 0.29) is 30.7 Å². The molecular formula is C30H35FN2O2. The van der Waals surface area contributed by atoms with Crippen LogP contribution in [-0.2, 0) is 29.0 Å². The van der Waals surface area contributed by atoms with Crippen LogP contribution in [0.3, 0.4) is 0 Å². The number of halogens is 1. The number of benzene rings is 3. The molecule has 3 aromatic rings. The Balaban J connectivity index is 1.98. The summed E-state index contributed by atoms with van der Waals surface area (Å²) in [7, 11) is 0. The molecular weight excluding hydrogens is 439 g/mol. The first-order chi connectivity index (χ1) is 16.7. The molecule has 0 saturated heterocycles. The molecule has 35 heavy (non-hydrogen) atoms. The summed E-state index contributed by atoms with van der Waals surface area (Å²) in [6.07, 6.45) is 0.484. The Kier molecular flexibility index (Phi) is 9.18. The van der Waals surface area contributed by atoms with Gasteiger partial charge in [0.25, 0.3) is 0 Å². The number of hydrogen-bond donors (Lipinski definition) is 1. The van der Waals surface area contributed by atoms with Gasteiger partial charge in [-0.1, -0.05) is 91.7 Å². The van der Waals surface area contributed by atoms with E-state index in [1.54, 1.807) is 23.1 Å². The van der Waals surface area contributed by atoms with Crippen molar-refractivity contribution in [1.82, 2.24) is 10.2 Å². The lowest BCUT2D eigenvalue weighted by molar-refractivity contribution is -0.140. The summed E-state index contributed by atoms with van der Waals surface area (Å²) in [5.74, 6) is -0.563. The predicted octanol–water partition coefficient (Wildman–Crippen LogP) is 5.40. The molecule has 0 aliphatic carbocycles. The van der Waals surface area contributed by atoms with Gasteiger partial charge in [0.15, 0.2) is 0 Å². The molecule has 0 aliphatic heterocycles. The molecule has 1 N–H and O–H groups in total. The maximum atomic E-state index is 14.7. The van der Waals surface area contributed by atoms with Gasteiger partial charge < -0.3 is 10.2 Å². The lowest BCUT2D eigenvalue weighted by Crippen LogP contribution is -2.51. The number of carbonyl (C=O) groups excluding carboxylic acids is 2. The van der Waals surface area contributed by atoms with E-state index in [0.29, 0.717) is 18.5 Å². The van der Waals surface area contributed by atoms with Crippen molar-refractivity contribution >= 4 is 11.8 Å². The zero-order chi connectivity index (χ0) is 25.4. The monoisotopic (exact) mass is 474 g/mol. The quantitative estimate of drug-likeness (QED) is 0.428. The van der Waals surface area contributed by atoms with Gasteiger partial charge in [0.05, 0.1) is 6.42 Å². The van der Waals surface area contributed by atoms with E-state index in [2.05, 4.69) is 11.4 Å². The fourth-order valence-corrected chi connectivity index (χ4v) is 4.23. The molecule has 0 saturated carbocycles. The molecule has 0 radical (unpaired) electrons. The zero-order valence-electron chi connectivity index (χ0n) is 21.1. The molecule has 0 heterocycles. The minimum Gasteiger partial charge on any atom is -0.354 e. The smallest absolute Gasteiger partial charge is 0.243 e. The van der Waals surface area contributed by atoms with Crippen molar-refractivity contribution < 1.29 is 14.0 Å². The highest BCUT2D eigenvalue weighted by Gasteiger charge is 2.31. The van der Waals surface area contributed by atoms with Crippen LogP contribution in [0.4, 0.5) is 4.39 Å². The second kappa shape index (κ2) is 12.3. The Morgan fingerprint density at radius 3 is 2.14 bits per heavy atom. The number of nitrogens with zero attached hydrogens (tertiary/aromatic N) is 1. The van der Waals surface area contributed by atoms with E-state index in [1.807, 2.05) is 70.2 Å². The topological polar surface area (TPSA) is 49.4 Å². The number of nitrogens with one attached hydrogen (secondary N) is 1. The van der Waals surface area contributed by atoms with Crippen LogP contribution in [0.15, 0.2) is 72.8 Å². The third kappa shape index (κ3) is 7.78. The zero-order valence-corrected chi connectivity index (χ0v) is 21.1. The fourth-order valence-electron chi connectivity index (χ4n) is 4.23. The molecule has 2 amide bonds. The molecule has 0 fully saturated rings. The molecule has 4 nitrogen and oxygen atoms in total. The molecule has 3 rings (SSSR count). The van der Waals surface area contributed by atoms with Crippen LogP contribution in [0.25, 0.3) is 0 Å². The van der Waals surface area contributed by atoms with Crippen molar-refractivity contribution in [3.8, 4) is 0 Å². The molecule has 1 atom stereocenters. The van der Waals surface area contributed by atoms with Gasteiger partial charge in [0.1, 0.15) is 11.9 Å². The number of aryl methyl sites for hydroxylation is 2. The summed E-state index contributed by atoms with van der Waals surface area (Å²) in [6.45, 7) is 8.56. The van der Waals surface area contributed by atoms with Gasteiger partial charge in [0.2, 0.25) is 11.8 Å². The molecule has 184 valence electrons. The third-order valence-electron chi connectivity index (χ3n) is 5.89. The Hall–Kier alpha value is -3.47. The first-order valence-corrected chi connectivity index (χ1v) is 12.1. The van der Waals surface area contributed by atoms with E-state index >= 15 is 0 Å². The highest BCUT2D eigenvalue weighted by atomic mass is 19.1. The van der Waals surface area contributed by atoms with Crippen LogP contribution in [0.1, 0.15) is 41.7 Å². The number of rotatable bonds is 10. The average Bonchev–Trinajstić information content (AvgIpc) is 2.80. The predicted molar refractivity (Wildman–Crippen MR) is 138 cm³/mol. The first-order valence-electron chi connectivity index (χ1n) is 12.1. The van der Waals surface area contributed by atoms with Gasteiger partial charge in [-0.3, -0.25) is 9.59 Å². The summed E-state index contributed by atoms with van der Waals surface area (Å²) < 4.78 is 14.7. The Bertz CT molecular complexity index is 1120. The van der Waals surface area contributed by atoms with Gasteiger partial charge in [-0.2, -0.15) is 0 Å². The van der Waals surface area contributed by atoms with Gasteiger partial charge in [-0.15, -0.1) is 0 Å². The molecule has 5 heteroatoms. The molecule has 0 spiro atoms. The van der Waals surface area contributed by atoms with Crippen molar-refractivity contribution in [1.29, 1.82) is 0 Å². The second-order valence-electron chi connectivity index (χ2n) is 9.63. The van der Waals surface area contributed by atoms with E-state index in [9.17, 15) is 14.0 Å². The van der Waals surface area contributed by atoms with Gasteiger partial charge in [-0.25, -0.2) is 4.39 Å². The summed E-state index contributed by atoms with van der Waals surface area (Å²) in [5, 5.41) is 2.99. The molecule has 0 bridgehead atoms. The van der Waals surface area contributed by atoms with Crippen molar-refractivity contribution in [2.24, 2.45) is 5.92 Å². The van der Waals surface area contributed by atoms with Crippen molar-refractivity contribution in [3.63, 3.8) is 0 Å². The van der Waals surface area contributed by atoms with Crippen molar-refractivity contribution in [3.05, 3.63) is 106 Å². The lowest BCUT2D eigenvalue weighted by Gasteiger charge is -2.32. The highest BCUT2D eigenvalue weighted by Crippen LogP contribution is 2.19. The largest absolute Gasteiger partial charge is 0.354 e. The maximum absolute atomic E-state index is 14.7. The number of amides is 2. The Labute approximate surface area is 208 Å². The van der Waals surface area contributed by atoms with Crippen LogP contribution < -0.4 is 5.32 Å². The van der Waals surface area contributed by atoms with Crippen LogP contribution in [0.5, 0.6) is 0 Å². The molecule has 0 aliphatic rings. The summed E-state index contributed by atoms with van der Waals surface area (Å²) in [6, 6.07) is 21.3. The van der Waals surface area contributed by atoms with Crippen LogP contribution in [0.2, 0.25) is 0 Å². The van der Waals surface area contributed by atoms with E-state index in [1.165, 1.54) is 6.07 Å². The third-order valence-corrected chi connectivity index (χ3v) is 5.89. The van der Waals surface area contributed by atoms with E-state index in [4.69, 9.17) is 0 Å². The van der Waals surface area contributed by atoms with Gasteiger partial charge in [-0.05, 0) is 37.0 Å². The summed E-state index contributed by atoms with van der Waals surface area (Å²) >= 11 is 0. The maximum Gasteiger partial charge on any atom is 0.243 e. The van der Waals surface area contributed by atoms with E-state index in [0.717, 1.165) is 22.3 Å². The van der Waals surface area contributed by atoms with Crippen LogP contribution in [0, 0.1) is 25.6 Å². The fraction of sp³-hybridized carbons (Fsp3) is 0.333. The average molecular weight is 475 g/mol. The second-order valence-corrected chi connectivity index (χ2v) is 9.63. The minimum absolute atomic E-state index is 0.0168. The molecule has 3 aromatic carbocycles. The molecule has 1 unspecified atom stereocenters. The van der Waals surface area contributed by atoms with Gasteiger partial charge >= 0.3 is 0 Å². The summed E-state index contributed by atoms with van der Waals surface area (Å²) in [4.78, 5) is 28.7. The van der Waals surface area contributed by atoms with Gasteiger partial charge in [0, 0.05) is 25.1 Å². The Morgan fingerprint density at radius 1 is 0.886 bits per heavy atom. The lowest BCUT2D eigenvalue weighted by atomic mass is 10.00.